The van der Waals surface area contributed by atoms with Crippen LogP contribution in [-0.2, 0) is 0 Å². The molecule has 0 aromatic carbocycles. The Bertz CT molecular complexity index is 632. The Morgan fingerprint density at radius 3 is 0.562 bits per heavy atom. The first-order valence-corrected chi connectivity index (χ1v) is 6.89. The number of hydrogen-bond donors (Lipinski definition) is 0. The smallest absolute Gasteiger partial charge is 0.194 e. The van der Waals surface area contributed by atoms with Gasteiger partial charge in [-0.2, -0.15) is 92.2 Å². The molecule has 0 aliphatic heterocycles. The minimum Gasteiger partial charge on any atom is -0.194 e. The van der Waals surface area contributed by atoms with E-state index in [0.717, 1.165) is 0 Å². The Labute approximate surface area is 162 Å². The van der Waals surface area contributed by atoms with Gasteiger partial charge in [0.15, 0.2) is 0 Å². The van der Waals surface area contributed by atoms with Crippen LogP contribution >= 0.6 is 9.24 Å². The van der Waals surface area contributed by atoms with Gasteiger partial charge < -0.3 is 0 Å². The second-order valence-electron chi connectivity index (χ2n) is 5.63. The fourth-order valence-corrected chi connectivity index (χ4v) is 1.69. The highest BCUT2D eigenvalue weighted by Gasteiger charge is 2.97. The fraction of sp³-hybridized carbons (Fsp3) is 1.00. The topological polar surface area (TPSA) is 0 Å². The minimum absolute atomic E-state index is 1.28. The van der Waals surface area contributed by atoms with Crippen LogP contribution in [0, 0.1) is 0 Å². The van der Waals surface area contributed by atoms with E-state index in [-0.39, 0.29) is 0 Å². The summed E-state index contributed by atoms with van der Waals surface area (Å²) in [5.74, 6) is -70.1. The van der Waals surface area contributed by atoms with Crippen molar-refractivity contribution in [2.45, 2.75) is 59.2 Å². The first-order valence-electron chi connectivity index (χ1n) is 6.44. The third-order valence-electron chi connectivity index (χ3n) is 3.49. The maximum atomic E-state index is 13.2. The zero-order valence-electron chi connectivity index (χ0n) is 13.4. The van der Waals surface area contributed by atoms with Crippen LogP contribution in [0.25, 0.3) is 0 Å². The molecule has 0 aliphatic rings. The first kappa shape index (κ1) is 31.0. The summed E-state index contributed by atoms with van der Waals surface area (Å²) in [6.45, 7) is 0. The molecule has 2 radical (unpaired) electrons. The van der Waals surface area contributed by atoms with Gasteiger partial charge in [0, 0.05) is 9.24 Å². The molecule has 0 amide bonds. The van der Waals surface area contributed by atoms with Crippen LogP contribution < -0.4 is 0 Å². The van der Waals surface area contributed by atoms with Crippen molar-refractivity contribution in [1.82, 2.24) is 0 Å². The molecule has 0 nitrogen and oxygen atoms in total. The summed E-state index contributed by atoms with van der Waals surface area (Å²) in [5.41, 5.74) is -6.83. The number of alkyl halides is 21. The van der Waals surface area contributed by atoms with Gasteiger partial charge >= 0.3 is 59.2 Å². The first-order chi connectivity index (χ1) is 13.2. The van der Waals surface area contributed by atoms with Crippen molar-refractivity contribution in [2.24, 2.45) is 0 Å². The molecule has 0 rings (SSSR count). The van der Waals surface area contributed by atoms with E-state index in [4.69, 9.17) is 0 Å². The molecule has 0 saturated heterocycles. The van der Waals surface area contributed by atoms with Gasteiger partial charge in [0.25, 0.3) is 0 Å². The van der Waals surface area contributed by atoms with Gasteiger partial charge in [-0.15, -0.1) is 0 Å². The fourth-order valence-electron chi connectivity index (χ4n) is 1.55. The second-order valence-corrected chi connectivity index (χ2v) is 6.20. The van der Waals surface area contributed by atoms with Gasteiger partial charge in [-0.3, -0.25) is 0 Å². The Balaban J connectivity index is 7.00. The normalized spacial score (nSPS) is 17.1. The molecule has 0 spiro atoms. The lowest BCUT2D eigenvalue weighted by atomic mass is 9.87. The summed E-state index contributed by atoms with van der Waals surface area (Å²) in [5, 5.41) is 0. The van der Waals surface area contributed by atoms with Crippen LogP contribution in [0.15, 0.2) is 0 Å². The van der Waals surface area contributed by atoms with Crippen molar-refractivity contribution in [2.75, 3.05) is 0 Å². The lowest BCUT2D eigenvalue weighted by Crippen LogP contribution is -2.76. The van der Waals surface area contributed by atoms with E-state index in [1.54, 1.807) is 0 Å². The van der Waals surface area contributed by atoms with Gasteiger partial charge in [0.2, 0.25) is 0 Å². The molecule has 22 heteroatoms. The van der Waals surface area contributed by atoms with Crippen molar-refractivity contribution in [1.29, 1.82) is 0 Å². The average molecular weight is 550 g/mol. The van der Waals surface area contributed by atoms with Crippen molar-refractivity contribution in [3.8, 4) is 0 Å². The molecule has 0 saturated carbocycles. The second kappa shape index (κ2) is 7.23. The van der Waals surface area contributed by atoms with Gasteiger partial charge in [0.05, 0.1) is 0 Å². The summed E-state index contributed by atoms with van der Waals surface area (Å²) in [6.07, 6.45) is -7.99. The molecule has 0 N–H and O–H groups in total. The summed E-state index contributed by atoms with van der Waals surface area (Å²) in [7, 11) is 1.28. The predicted molar refractivity (Wildman–Crippen MR) is 57.5 cm³/mol. The number of rotatable bonds is 8. The monoisotopic (exact) mass is 550 g/mol. The molecule has 0 aromatic rings. The van der Waals surface area contributed by atoms with Gasteiger partial charge in [0.1, 0.15) is 0 Å². The molecule has 0 unspecified atom stereocenters. The SMILES string of the molecule is FC(F)(F)C(F)(F)C(F)(F)C(F)(F)C(F)(F)C(F)(F)C(F)(F)C(F)(F)C(F)(F)C(F)(F)[P]. The van der Waals surface area contributed by atoms with E-state index in [2.05, 4.69) is 0 Å². The predicted octanol–water partition coefficient (Wildman–Crippen LogP) is 7.63. The Morgan fingerprint density at radius 1 is 0.250 bits per heavy atom. The van der Waals surface area contributed by atoms with Crippen LogP contribution in [0.1, 0.15) is 0 Å². The van der Waals surface area contributed by atoms with Crippen LogP contribution in [0.4, 0.5) is 92.2 Å². The van der Waals surface area contributed by atoms with Crippen molar-refractivity contribution in [3.05, 3.63) is 0 Å². The molecule has 0 aliphatic carbocycles. The zero-order valence-corrected chi connectivity index (χ0v) is 14.3. The van der Waals surface area contributed by atoms with Crippen molar-refractivity contribution in [3.63, 3.8) is 0 Å². The molecule has 32 heavy (non-hydrogen) atoms. The van der Waals surface area contributed by atoms with Crippen LogP contribution in [0.3, 0.4) is 0 Å². The summed E-state index contributed by atoms with van der Waals surface area (Å²) in [4.78, 5) is 0. The highest BCUT2D eigenvalue weighted by molar-refractivity contribution is 7.18. The lowest BCUT2D eigenvalue weighted by Gasteiger charge is -2.44. The average Bonchev–Trinajstić information content (AvgIpc) is 2.51. The quantitative estimate of drug-likeness (QED) is 0.216. The highest BCUT2D eigenvalue weighted by atomic mass is 31.0. The number of halogens is 21. The maximum Gasteiger partial charge on any atom is 0.460 e. The van der Waals surface area contributed by atoms with E-state index in [0.29, 0.717) is 0 Å². The largest absolute Gasteiger partial charge is 0.460 e. The summed E-state index contributed by atoms with van der Waals surface area (Å²) >= 11 is 0. The van der Waals surface area contributed by atoms with E-state index >= 15 is 0 Å². The number of hydrogen-bond acceptors (Lipinski definition) is 0. The standard InChI is InChI=1S/C10F21P/c11-1(12,3(15,16)5(19,20)7(23,24)9(27,28)29)2(13,14)4(17,18)6(21,22)8(25,26)10(30,31)32. The lowest BCUT2D eigenvalue weighted by molar-refractivity contribution is -0.472. The van der Waals surface area contributed by atoms with Gasteiger partial charge in [-0.1, -0.05) is 0 Å². The molecular weight excluding hydrogens is 550 g/mol. The summed E-state index contributed by atoms with van der Waals surface area (Å²) < 4.78 is 267. The van der Waals surface area contributed by atoms with Crippen LogP contribution in [-0.4, -0.2) is 59.2 Å². The third kappa shape index (κ3) is 3.54. The third-order valence-corrected chi connectivity index (χ3v) is 3.77. The van der Waals surface area contributed by atoms with Crippen molar-refractivity contribution < 1.29 is 92.2 Å². The molecule has 192 valence electrons. The zero-order chi connectivity index (χ0) is 27.0. The van der Waals surface area contributed by atoms with Gasteiger partial charge in [-0.25, -0.2) is 0 Å². The Hall–Kier alpha value is -1.04. The van der Waals surface area contributed by atoms with E-state index in [1.165, 1.54) is 9.24 Å². The highest BCUT2D eigenvalue weighted by Crippen LogP contribution is 2.66. The molecule has 0 fully saturated rings. The molecule has 0 aromatic heterocycles. The molecule has 0 bridgehead atoms. The molecule has 0 atom stereocenters. The van der Waals surface area contributed by atoms with Crippen molar-refractivity contribution >= 4 is 9.24 Å². The van der Waals surface area contributed by atoms with E-state index < -0.39 is 59.2 Å². The van der Waals surface area contributed by atoms with Gasteiger partial charge in [-0.05, 0) is 0 Å². The van der Waals surface area contributed by atoms with Crippen LogP contribution in [0.2, 0.25) is 0 Å². The van der Waals surface area contributed by atoms with E-state index in [9.17, 15) is 92.2 Å². The molecular formula is C10F21P. The molecule has 0 heterocycles. The Kier molecular flexibility index (Phi) is 6.99. The minimum atomic E-state index is -9.15. The summed E-state index contributed by atoms with van der Waals surface area (Å²) in [6, 6.07) is 0. The van der Waals surface area contributed by atoms with E-state index in [1.807, 2.05) is 0 Å². The maximum absolute atomic E-state index is 13.2. The van der Waals surface area contributed by atoms with Crippen LogP contribution in [0.5, 0.6) is 0 Å². The Morgan fingerprint density at radius 2 is 0.406 bits per heavy atom.